The van der Waals surface area contributed by atoms with Crippen LogP contribution in [0.25, 0.3) is 11.1 Å². The standard InChI is InChI=1S/C31H30O4/c1-4-34-29(32)31(3,30(33)35-5-2)27-21-20-26(24-18-12-13-19-25(24)27)28(22-14-8-6-9-15-22)23-16-10-7-11-17-23/h6-21,27H,4-5H2,1-3H3. The molecule has 4 heteroatoms. The van der Waals surface area contributed by atoms with Crippen molar-refractivity contribution in [1.82, 2.24) is 0 Å². The number of hydrogen-bond acceptors (Lipinski definition) is 4. The van der Waals surface area contributed by atoms with E-state index in [1.807, 2.05) is 72.8 Å². The monoisotopic (exact) mass is 466 g/mol. The molecule has 0 aromatic heterocycles. The molecular formula is C31H30O4. The van der Waals surface area contributed by atoms with Gasteiger partial charge in [-0.25, -0.2) is 0 Å². The molecule has 178 valence electrons. The Morgan fingerprint density at radius 2 is 1.23 bits per heavy atom. The van der Waals surface area contributed by atoms with Gasteiger partial charge in [-0.15, -0.1) is 0 Å². The van der Waals surface area contributed by atoms with Crippen molar-refractivity contribution in [2.24, 2.45) is 5.41 Å². The van der Waals surface area contributed by atoms with Gasteiger partial charge in [0.05, 0.1) is 13.2 Å². The molecule has 1 aliphatic carbocycles. The lowest BCUT2D eigenvalue weighted by molar-refractivity contribution is -0.171. The van der Waals surface area contributed by atoms with Crippen LogP contribution in [0.1, 0.15) is 48.9 Å². The number of hydrogen-bond donors (Lipinski definition) is 0. The second-order valence-corrected chi connectivity index (χ2v) is 8.59. The SMILES string of the molecule is CCOC(=O)C(C)(C(=O)OCC)C1C=CC(=C(c2ccccc2)c2ccccc2)c2ccccc21. The molecule has 4 nitrogen and oxygen atoms in total. The predicted molar refractivity (Wildman–Crippen MR) is 138 cm³/mol. The molecule has 3 aromatic carbocycles. The number of ether oxygens (including phenoxy) is 2. The summed E-state index contributed by atoms with van der Waals surface area (Å²) in [6, 6.07) is 28.4. The van der Waals surface area contributed by atoms with Crippen molar-refractivity contribution >= 4 is 23.1 Å². The number of carbonyl (C=O) groups excluding carboxylic acids is 2. The quantitative estimate of drug-likeness (QED) is 0.297. The molecule has 4 rings (SSSR count). The Morgan fingerprint density at radius 3 is 1.74 bits per heavy atom. The smallest absolute Gasteiger partial charge is 0.324 e. The van der Waals surface area contributed by atoms with Gasteiger partial charge in [-0.3, -0.25) is 9.59 Å². The molecule has 0 aliphatic heterocycles. The Morgan fingerprint density at radius 1 is 0.743 bits per heavy atom. The van der Waals surface area contributed by atoms with E-state index in [-0.39, 0.29) is 13.2 Å². The van der Waals surface area contributed by atoms with Gasteiger partial charge >= 0.3 is 11.9 Å². The number of benzene rings is 3. The van der Waals surface area contributed by atoms with Crippen LogP contribution in [0.3, 0.4) is 0 Å². The van der Waals surface area contributed by atoms with Crippen LogP contribution in [0.2, 0.25) is 0 Å². The van der Waals surface area contributed by atoms with Crippen LogP contribution in [0.5, 0.6) is 0 Å². The van der Waals surface area contributed by atoms with Gasteiger partial charge in [-0.05, 0) is 54.2 Å². The first-order chi connectivity index (χ1) is 17.0. The molecular weight excluding hydrogens is 436 g/mol. The lowest BCUT2D eigenvalue weighted by Gasteiger charge is -2.35. The first-order valence-corrected chi connectivity index (χ1v) is 12.0. The van der Waals surface area contributed by atoms with Crippen LogP contribution >= 0.6 is 0 Å². The van der Waals surface area contributed by atoms with Gasteiger partial charge in [-0.2, -0.15) is 0 Å². The minimum Gasteiger partial charge on any atom is -0.465 e. The molecule has 0 amide bonds. The summed E-state index contributed by atoms with van der Waals surface area (Å²) in [5.41, 5.74) is 4.64. The minimum absolute atomic E-state index is 0.184. The summed E-state index contributed by atoms with van der Waals surface area (Å²) in [6.07, 6.45) is 3.97. The van der Waals surface area contributed by atoms with E-state index in [4.69, 9.17) is 9.47 Å². The van der Waals surface area contributed by atoms with Crippen LogP contribution in [-0.4, -0.2) is 25.2 Å². The van der Waals surface area contributed by atoms with Crippen LogP contribution < -0.4 is 0 Å². The van der Waals surface area contributed by atoms with E-state index in [2.05, 4.69) is 24.3 Å². The third kappa shape index (κ3) is 4.57. The first-order valence-electron chi connectivity index (χ1n) is 12.0. The molecule has 0 heterocycles. The van der Waals surface area contributed by atoms with Crippen LogP contribution in [0.4, 0.5) is 0 Å². The topological polar surface area (TPSA) is 52.6 Å². The highest BCUT2D eigenvalue weighted by molar-refractivity contribution is 6.06. The molecule has 0 saturated carbocycles. The maximum Gasteiger partial charge on any atom is 0.324 e. The molecule has 0 saturated heterocycles. The third-order valence-corrected chi connectivity index (χ3v) is 6.46. The van der Waals surface area contributed by atoms with E-state index in [1.54, 1.807) is 20.8 Å². The molecule has 1 atom stereocenters. The van der Waals surface area contributed by atoms with E-state index in [0.717, 1.165) is 33.4 Å². The van der Waals surface area contributed by atoms with Gasteiger partial charge in [0, 0.05) is 5.92 Å². The molecule has 1 unspecified atom stereocenters. The molecule has 1 aliphatic rings. The highest BCUT2D eigenvalue weighted by Crippen LogP contribution is 2.47. The Kier molecular flexibility index (Phi) is 7.31. The highest BCUT2D eigenvalue weighted by Gasteiger charge is 2.51. The van der Waals surface area contributed by atoms with Gasteiger partial charge in [0.25, 0.3) is 0 Å². The number of fused-ring (bicyclic) bond motifs is 1. The number of esters is 2. The summed E-state index contributed by atoms with van der Waals surface area (Å²) in [7, 11) is 0. The van der Waals surface area contributed by atoms with Crippen molar-refractivity contribution in [3.8, 4) is 0 Å². The molecule has 0 fully saturated rings. The van der Waals surface area contributed by atoms with Gasteiger partial charge < -0.3 is 9.47 Å². The zero-order valence-corrected chi connectivity index (χ0v) is 20.4. The Labute approximate surface area is 206 Å². The molecule has 0 radical (unpaired) electrons. The second kappa shape index (κ2) is 10.6. The fourth-order valence-electron chi connectivity index (χ4n) is 4.71. The maximum absolute atomic E-state index is 13.2. The van der Waals surface area contributed by atoms with Crippen molar-refractivity contribution in [2.45, 2.75) is 26.7 Å². The van der Waals surface area contributed by atoms with E-state index < -0.39 is 23.3 Å². The summed E-state index contributed by atoms with van der Waals surface area (Å²) in [6.45, 7) is 5.47. The third-order valence-electron chi connectivity index (χ3n) is 6.46. The minimum atomic E-state index is -1.51. The van der Waals surface area contributed by atoms with E-state index in [1.165, 1.54) is 0 Å². The van der Waals surface area contributed by atoms with Gasteiger partial charge in [-0.1, -0.05) is 97.1 Å². The van der Waals surface area contributed by atoms with Crippen molar-refractivity contribution in [3.63, 3.8) is 0 Å². The van der Waals surface area contributed by atoms with Crippen molar-refractivity contribution in [1.29, 1.82) is 0 Å². The molecule has 3 aromatic rings. The average molecular weight is 467 g/mol. The zero-order valence-electron chi connectivity index (χ0n) is 20.4. The van der Waals surface area contributed by atoms with Gasteiger partial charge in [0.1, 0.15) is 0 Å². The van der Waals surface area contributed by atoms with Crippen LogP contribution in [0, 0.1) is 5.41 Å². The Hall–Kier alpha value is -3.92. The first kappa shape index (κ1) is 24.2. The van der Waals surface area contributed by atoms with E-state index in [9.17, 15) is 9.59 Å². The molecule has 0 N–H and O–H groups in total. The Bertz CT molecular complexity index is 1200. The van der Waals surface area contributed by atoms with E-state index in [0.29, 0.717) is 0 Å². The van der Waals surface area contributed by atoms with Crippen molar-refractivity contribution in [2.75, 3.05) is 13.2 Å². The largest absolute Gasteiger partial charge is 0.465 e. The van der Waals surface area contributed by atoms with E-state index >= 15 is 0 Å². The summed E-state index contributed by atoms with van der Waals surface area (Å²) >= 11 is 0. The average Bonchev–Trinajstić information content (AvgIpc) is 2.90. The maximum atomic E-state index is 13.2. The van der Waals surface area contributed by atoms with Gasteiger partial charge in [0.15, 0.2) is 5.41 Å². The Balaban J connectivity index is 1.96. The van der Waals surface area contributed by atoms with Crippen LogP contribution in [-0.2, 0) is 19.1 Å². The molecule has 35 heavy (non-hydrogen) atoms. The number of carbonyl (C=O) groups is 2. The lowest BCUT2D eigenvalue weighted by Crippen LogP contribution is -2.44. The zero-order chi connectivity index (χ0) is 24.8. The van der Waals surface area contributed by atoms with Crippen LogP contribution in [0.15, 0.2) is 97.1 Å². The highest BCUT2D eigenvalue weighted by atomic mass is 16.6. The van der Waals surface area contributed by atoms with Crippen molar-refractivity contribution in [3.05, 3.63) is 119 Å². The summed E-state index contributed by atoms with van der Waals surface area (Å²) in [5, 5.41) is 0. The van der Waals surface area contributed by atoms with Gasteiger partial charge in [0.2, 0.25) is 0 Å². The lowest BCUT2D eigenvalue weighted by atomic mass is 9.68. The predicted octanol–water partition coefficient (Wildman–Crippen LogP) is 6.43. The van der Waals surface area contributed by atoms with Crippen molar-refractivity contribution < 1.29 is 19.1 Å². The summed E-state index contributed by atoms with van der Waals surface area (Å²) < 4.78 is 10.7. The summed E-state index contributed by atoms with van der Waals surface area (Å²) in [5.74, 6) is -1.70. The fourth-order valence-corrected chi connectivity index (χ4v) is 4.71. The fraction of sp³-hybridized carbons (Fsp3) is 0.226. The summed E-state index contributed by atoms with van der Waals surface area (Å²) in [4.78, 5) is 26.4. The second-order valence-electron chi connectivity index (χ2n) is 8.59. The number of rotatable bonds is 7. The number of allylic oxidation sites excluding steroid dienone is 3. The normalized spacial score (nSPS) is 14.7. The molecule has 0 spiro atoms. The molecule has 0 bridgehead atoms.